The number of phosphoric ester groups is 1. The number of rotatable bonds is 8. The Hall–Kier alpha value is -1.03. The van der Waals surface area contributed by atoms with E-state index >= 15 is 0 Å². The van der Waals surface area contributed by atoms with E-state index < -0.39 is 65.3 Å². The third-order valence-corrected chi connectivity index (χ3v) is 7.46. The molecule has 17 nitrogen and oxygen atoms in total. The number of aliphatic hydroxyl groups excluding tert-OH is 1. The number of aliphatic hydroxyl groups is 1. The van der Waals surface area contributed by atoms with Gasteiger partial charge in [0.05, 0.1) is 12.1 Å². The molecule has 3 unspecified atom stereocenters. The van der Waals surface area contributed by atoms with Crippen molar-refractivity contribution in [1.29, 1.82) is 0 Å². The number of ether oxygens (including phenoxy) is 1. The molecule has 1 fully saturated rings. The summed E-state index contributed by atoms with van der Waals surface area (Å²) in [5, 5.41) is 10.3. The average Bonchev–Trinajstić information content (AvgIpc) is 2.73. The molecule has 1 aliphatic heterocycles. The topological polar surface area (TPSA) is 276 Å². The number of nitrogens with one attached hydrogen (secondary N) is 1. The van der Waals surface area contributed by atoms with Crippen molar-refractivity contribution in [3.8, 4) is 0 Å². The van der Waals surface area contributed by atoms with Gasteiger partial charge in [-0.1, -0.05) is 0 Å². The second-order valence-corrected chi connectivity index (χ2v) is 10.5. The third kappa shape index (κ3) is 6.24. The van der Waals surface area contributed by atoms with Gasteiger partial charge in [0, 0.05) is 12.3 Å². The molecular formula is C10H16N3O14P3-2. The Labute approximate surface area is 166 Å². The van der Waals surface area contributed by atoms with Gasteiger partial charge in [-0.3, -0.25) is 28.0 Å². The zero-order chi connectivity index (χ0) is 23.1. The fourth-order valence-electron chi connectivity index (χ4n) is 2.50. The Balaban J connectivity index is 2.13. The lowest BCUT2D eigenvalue weighted by Gasteiger charge is -2.29. The lowest BCUT2D eigenvalue weighted by atomic mass is 9.93. The van der Waals surface area contributed by atoms with Crippen LogP contribution in [0.4, 0.5) is 0 Å². The second kappa shape index (κ2) is 8.48. The molecule has 0 saturated carbocycles. The number of aromatic nitrogens is 2. The molecule has 0 radical (unpaired) electrons. The SMILES string of the molecule is C[C@@]1(N)[C@H](O)[C@@H](COP(=O)(O)OP(=O)([O-])OP(=O)([O-])O)O[C@H]1n1ccc(=O)[nH]c1=O. The molecule has 30 heavy (non-hydrogen) atoms. The first kappa shape index (κ1) is 25.2. The number of hydrogen-bond acceptors (Lipinski definition) is 13. The number of nitrogens with two attached hydrogens (primary N) is 1. The maximum absolute atomic E-state index is 11.9. The highest BCUT2D eigenvalue weighted by molar-refractivity contribution is 7.65. The van der Waals surface area contributed by atoms with Gasteiger partial charge in [-0.2, -0.15) is 0 Å². The number of H-pyrrole nitrogens is 1. The summed E-state index contributed by atoms with van der Waals surface area (Å²) in [6.45, 7) is 0.228. The van der Waals surface area contributed by atoms with Crippen LogP contribution < -0.4 is 26.8 Å². The first-order valence-electron chi connectivity index (χ1n) is 7.62. The standard InChI is InChI=1S/C10H18N3O14P3/c1-10(11)7(15)5(25-8(10)13-3-2-6(14)12-9(13)16)4-24-29(20,21)27-30(22,23)26-28(17,18)19/h2-3,5,7-8,15H,4,11H2,1H3,(H,20,21)(H,22,23)(H,12,14,16)(H2,17,18,19)/p-2/t5-,7-,8-,10-/m1/s1. The van der Waals surface area contributed by atoms with E-state index in [1.807, 2.05) is 4.98 Å². The van der Waals surface area contributed by atoms with Gasteiger partial charge in [0.1, 0.15) is 12.2 Å². The van der Waals surface area contributed by atoms with Crippen molar-refractivity contribution in [3.05, 3.63) is 33.1 Å². The van der Waals surface area contributed by atoms with E-state index in [9.17, 15) is 43.1 Å². The third-order valence-electron chi connectivity index (χ3n) is 3.74. The Morgan fingerprint density at radius 2 is 1.90 bits per heavy atom. The van der Waals surface area contributed by atoms with Crippen molar-refractivity contribution < 1.29 is 56.3 Å². The molecular weight excluding hydrogens is 479 g/mol. The van der Waals surface area contributed by atoms with Crippen molar-refractivity contribution in [2.45, 2.75) is 30.9 Å². The zero-order valence-corrected chi connectivity index (χ0v) is 17.5. The Kier molecular flexibility index (Phi) is 7.14. The summed E-state index contributed by atoms with van der Waals surface area (Å²) in [6, 6.07) is 0.967. The minimum Gasteiger partial charge on any atom is -0.756 e. The highest BCUT2D eigenvalue weighted by Gasteiger charge is 2.52. The first-order valence-corrected chi connectivity index (χ1v) is 12.1. The monoisotopic (exact) mass is 495 g/mol. The normalized spacial score (nSPS) is 32.8. The second-order valence-electron chi connectivity index (χ2n) is 6.20. The van der Waals surface area contributed by atoms with Crippen LogP contribution in [-0.2, 0) is 31.6 Å². The molecule has 1 aromatic heterocycles. The minimum absolute atomic E-state index is 0.721. The number of phosphoric acid groups is 3. The molecule has 6 N–H and O–H groups in total. The van der Waals surface area contributed by atoms with Crippen LogP contribution in [0.2, 0.25) is 0 Å². The molecule has 2 heterocycles. The molecule has 0 bridgehead atoms. The summed E-state index contributed by atoms with van der Waals surface area (Å²) in [5.74, 6) is 0. The summed E-state index contributed by atoms with van der Waals surface area (Å²) in [4.78, 5) is 64.4. The highest BCUT2D eigenvalue weighted by Crippen LogP contribution is 2.63. The van der Waals surface area contributed by atoms with Crippen LogP contribution in [0.1, 0.15) is 13.2 Å². The van der Waals surface area contributed by atoms with Gasteiger partial charge in [-0.05, 0) is 6.92 Å². The smallest absolute Gasteiger partial charge is 0.478 e. The predicted octanol–water partition coefficient (Wildman–Crippen LogP) is -3.41. The fourth-order valence-corrected chi connectivity index (χ4v) is 5.43. The fraction of sp³-hybridized carbons (Fsp3) is 0.600. The largest absolute Gasteiger partial charge is 0.756 e. The molecule has 1 aromatic rings. The van der Waals surface area contributed by atoms with E-state index in [0.717, 1.165) is 16.8 Å². The first-order chi connectivity index (χ1) is 13.4. The van der Waals surface area contributed by atoms with E-state index in [1.54, 1.807) is 0 Å². The van der Waals surface area contributed by atoms with Gasteiger partial charge in [-0.25, -0.2) is 18.0 Å². The molecule has 0 aromatic carbocycles. The Morgan fingerprint density at radius 1 is 1.30 bits per heavy atom. The van der Waals surface area contributed by atoms with E-state index in [0.29, 0.717) is 0 Å². The van der Waals surface area contributed by atoms with Crippen LogP contribution in [0, 0.1) is 0 Å². The van der Waals surface area contributed by atoms with Gasteiger partial charge < -0.3 is 35.2 Å². The van der Waals surface area contributed by atoms with Crippen molar-refractivity contribution in [2.24, 2.45) is 5.73 Å². The van der Waals surface area contributed by atoms with E-state index in [1.165, 1.54) is 6.92 Å². The van der Waals surface area contributed by atoms with E-state index in [4.69, 9.17) is 15.4 Å². The summed E-state index contributed by atoms with van der Waals surface area (Å²) in [7, 11) is -17.4. The highest BCUT2D eigenvalue weighted by atomic mass is 31.3. The minimum atomic E-state index is -6.03. The summed E-state index contributed by atoms with van der Waals surface area (Å²) < 4.78 is 50.5. The molecule has 2 rings (SSSR count). The van der Waals surface area contributed by atoms with Crippen LogP contribution in [0.5, 0.6) is 0 Å². The van der Waals surface area contributed by atoms with Crippen molar-refractivity contribution >= 4 is 23.5 Å². The van der Waals surface area contributed by atoms with Crippen molar-refractivity contribution in [3.63, 3.8) is 0 Å². The molecule has 1 saturated heterocycles. The average molecular weight is 495 g/mol. The maximum atomic E-state index is 11.9. The Bertz CT molecular complexity index is 1040. The van der Waals surface area contributed by atoms with Crippen molar-refractivity contribution in [1.82, 2.24) is 9.55 Å². The molecule has 0 amide bonds. The number of aromatic amines is 1. The maximum Gasteiger partial charge on any atom is 0.478 e. The van der Waals surface area contributed by atoms with E-state index in [-0.39, 0.29) is 0 Å². The van der Waals surface area contributed by atoms with Crippen LogP contribution in [0.15, 0.2) is 21.9 Å². The lowest BCUT2D eigenvalue weighted by molar-refractivity contribution is -0.236. The number of nitrogens with zero attached hydrogens (tertiary/aromatic N) is 1. The zero-order valence-electron chi connectivity index (χ0n) is 14.8. The summed E-state index contributed by atoms with van der Waals surface area (Å²) in [5.41, 5.74) is 2.60. The predicted molar refractivity (Wildman–Crippen MR) is 89.2 cm³/mol. The molecule has 20 heteroatoms. The molecule has 0 spiro atoms. The van der Waals surface area contributed by atoms with Gasteiger partial charge in [-0.15, -0.1) is 0 Å². The summed E-state index contributed by atoms with van der Waals surface area (Å²) >= 11 is 0. The quantitative estimate of drug-likeness (QED) is 0.220. The van der Waals surface area contributed by atoms with Gasteiger partial charge in [0.2, 0.25) is 0 Å². The van der Waals surface area contributed by atoms with Crippen LogP contribution in [0.25, 0.3) is 0 Å². The molecule has 1 aliphatic rings. The van der Waals surface area contributed by atoms with Crippen LogP contribution in [0.3, 0.4) is 0 Å². The van der Waals surface area contributed by atoms with Gasteiger partial charge in [0.15, 0.2) is 6.23 Å². The van der Waals surface area contributed by atoms with Crippen LogP contribution in [-0.4, -0.2) is 48.8 Å². The molecule has 7 atom stereocenters. The number of hydrogen-bond donors (Lipinski definition) is 5. The van der Waals surface area contributed by atoms with Gasteiger partial charge in [0.25, 0.3) is 21.2 Å². The lowest BCUT2D eigenvalue weighted by Crippen LogP contribution is -2.53. The van der Waals surface area contributed by atoms with Crippen molar-refractivity contribution in [2.75, 3.05) is 6.61 Å². The van der Waals surface area contributed by atoms with Crippen LogP contribution >= 0.6 is 23.5 Å². The molecule has 0 aliphatic carbocycles. The Morgan fingerprint density at radius 3 is 2.43 bits per heavy atom. The summed E-state index contributed by atoms with van der Waals surface area (Å²) in [6.07, 6.45) is -3.52. The molecule has 172 valence electrons. The van der Waals surface area contributed by atoms with Gasteiger partial charge >= 0.3 is 13.5 Å². The van der Waals surface area contributed by atoms with E-state index in [2.05, 4.69) is 13.1 Å².